The molecule has 29 heavy (non-hydrogen) atoms. The molecule has 6 rings (SSSR count). The number of pyridine rings is 2. The number of nitrogens with zero attached hydrogens (tertiary/aromatic N) is 2. The lowest BCUT2D eigenvalue weighted by atomic mass is 10.0. The number of benzene rings is 2. The molecular weight excluding hydrogens is 368 g/mol. The van der Waals surface area contributed by atoms with Gasteiger partial charge in [0.25, 0.3) is 0 Å². The van der Waals surface area contributed by atoms with E-state index in [1.54, 1.807) is 0 Å². The minimum Gasteiger partial charge on any atom is -0.254 e. The first-order valence-electron chi connectivity index (χ1n) is 10.2. The van der Waals surface area contributed by atoms with Crippen molar-refractivity contribution in [2.24, 2.45) is 0 Å². The highest BCUT2D eigenvalue weighted by molar-refractivity contribution is 7.24. The molecule has 4 heterocycles. The van der Waals surface area contributed by atoms with Gasteiger partial charge in [0.15, 0.2) is 8.07 Å². The van der Waals surface area contributed by atoms with Gasteiger partial charge in [0, 0.05) is 12.4 Å². The standard InChI is InChI=1S/C26H22N2Si/c1-15-5-7-19-20-8-6-16(2)10-22(20)29(21(19)9-15)23-11-17(3)13-27-25(23)26-24(29)12-18(4)14-28-26/h5-14H,1-4H3. The van der Waals surface area contributed by atoms with E-state index in [9.17, 15) is 0 Å². The average Bonchev–Trinajstić information content (AvgIpc) is 3.13. The fourth-order valence-electron chi connectivity index (χ4n) is 5.36. The van der Waals surface area contributed by atoms with Crippen LogP contribution in [0.1, 0.15) is 22.3 Å². The van der Waals surface area contributed by atoms with E-state index in [0.717, 1.165) is 11.4 Å². The van der Waals surface area contributed by atoms with E-state index in [2.05, 4.69) is 76.2 Å². The van der Waals surface area contributed by atoms with E-state index in [1.165, 1.54) is 54.1 Å². The van der Waals surface area contributed by atoms with Gasteiger partial charge in [-0.05, 0) is 70.7 Å². The second-order valence-corrected chi connectivity index (χ2v) is 12.3. The van der Waals surface area contributed by atoms with Gasteiger partial charge in [0.1, 0.15) is 0 Å². The van der Waals surface area contributed by atoms with E-state index in [4.69, 9.17) is 9.97 Å². The maximum absolute atomic E-state index is 4.91. The van der Waals surface area contributed by atoms with E-state index >= 15 is 0 Å². The molecule has 0 aliphatic carbocycles. The van der Waals surface area contributed by atoms with E-state index in [-0.39, 0.29) is 0 Å². The molecule has 4 aromatic rings. The van der Waals surface area contributed by atoms with Gasteiger partial charge < -0.3 is 0 Å². The van der Waals surface area contributed by atoms with Gasteiger partial charge in [-0.25, -0.2) is 0 Å². The zero-order valence-corrected chi connectivity index (χ0v) is 18.2. The number of rotatable bonds is 0. The predicted octanol–water partition coefficient (Wildman–Crippen LogP) is 3.05. The van der Waals surface area contributed by atoms with Crippen LogP contribution < -0.4 is 20.7 Å². The molecule has 0 atom stereocenters. The van der Waals surface area contributed by atoms with E-state index in [0.29, 0.717) is 0 Å². The van der Waals surface area contributed by atoms with Crippen molar-refractivity contribution >= 4 is 28.8 Å². The summed E-state index contributed by atoms with van der Waals surface area (Å²) in [4.78, 5) is 9.82. The van der Waals surface area contributed by atoms with Crippen LogP contribution in [0.5, 0.6) is 0 Å². The van der Waals surface area contributed by atoms with Crippen LogP contribution in [-0.2, 0) is 0 Å². The molecule has 0 bridgehead atoms. The monoisotopic (exact) mass is 390 g/mol. The minimum absolute atomic E-state index is 1.08. The highest BCUT2D eigenvalue weighted by Gasteiger charge is 2.55. The molecule has 0 saturated carbocycles. The second kappa shape index (κ2) is 5.52. The third kappa shape index (κ3) is 2.01. The lowest BCUT2D eigenvalue weighted by Gasteiger charge is -2.28. The number of aryl methyl sites for hydroxylation is 4. The van der Waals surface area contributed by atoms with Gasteiger partial charge in [-0.3, -0.25) is 9.97 Å². The Labute approximate surface area is 172 Å². The van der Waals surface area contributed by atoms with Crippen LogP contribution in [0, 0.1) is 27.7 Å². The molecule has 3 heteroatoms. The van der Waals surface area contributed by atoms with Gasteiger partial charge in [0.2, 0.25) is 0 Å². The van der Waals surface area contributed by atoms with Crippen molar-refractivity contribution in [1.29, 1.82) is 0 Å². The summed E-state index contributed by atoms with van der Waals surface area (Å²) < 4.78 is 0. The Hall–Kier alpha value is -3.04. The van der Waals surface area contributed by atoms with Gasteiger partial charge in [-0.15, -0.1) is 0 Å². The SMILES string of the molecule is Cc1ccc2c(c1)[Si]1(c3cc(C)ccc3-2)c2cc(C)cnc2-c2ncc(C)cc21. The minimum atomic E-state index is -2.40. The summed E-state index contributed by atoms with van der Waals surface area (Å²) in [5, 5.41) is 5.81. The zero-order valence-electron chi connectivity index (χ0n) is 17.2. The molecule has 140 valence electrons. The smallest absolute Gasteiger partial charge is 0.185 e. The summed E-state index contributed by atoms with van der Waals surface area (Å²) in [5.41, 5.74) is 10.0. The molecule has 0 unspecified atom stereocenters. The molecule has 0 saturated heterocycles. The fourth-order valence-corrected chi connectivity index (χ4v) is 11.2. The Kier molecular flexibility index (Phi) is 3.21. The van der Waals surface area contributed by atoms with Crippen LogP contribution in [0.3, 0.4) is 0 Å². The van der Waals surface area contributed by atoms with Crippen molar-refractivity contribution in [3.63, 3.8) is 0 Å². The Balaban J connectivity index is 1.88. The third-order valence-corrected chi connectivity index (χ3v) is 11.4. The molecule has 0 amide bonds. The number of fused-ring (bicyclic) bond motifs is 10. The zero-order chi connectivity index (χ0) is 19.9. The summed E-state index contributed by atoms with van der Waals surface area (Å²) in [6.07, 6.45) is 3.97. The van der Waals surface area contributed by atoms with Crippen LogP contribution in [0.4, 0.5) is 0 Å². The van der Waals surface area contributed by atoms with Gasteiger partial charge >= 0.3 is 0 Å². The van der Waals surface area contributed by atoms with Crippen molar-refractivity contribution < 1.29 is 0 Å². The number of hydrogen-bond acceptors (Lipinski definition) is 2. The third-order valence-electron chi connectivity index (χ3n) is 6.53. The van der Waals surface area contributed by atoms with Crippen LogP contribution in [-0.4, -0.2) is 18.0 Å². The summed E-state index contributed by atoms with van der Waals surface area (Å²) in [6.45, 7) is 8.72. The van der Waals surface area contributed by atoms with Gasteiger partial charge in [-0.1, -0.05) is 59.7 Å². The van der Waals surface area contributed by atoms with Gasteiger partial charge in [-0.2, -0.15) is 0 Å². The Morgan fingerprint density at radius 2 is 0.931 bits per heavy atom. The molecule has 0 fully saturated rings. The van der Waals surface area contributed by atoms with Crippen molar-refractivity contribution in [2.75, 3.05) is 0 Å². The van der Waals surface area contributed by atoms with Gasteiger partial charge in [0.05, 0.1) is 11.4 Å². The maximum Gasteiger partial charge on any atom is 0.185 e. The number of hydrogen-bond donors (Lipinski definition) is 0. The summed E-state index contributed by atoms with van der Waals surface area (Å²) in [7, 11) is -2.40. The topological polar surface area (TPSA) is 25.8 Å². The van der Waals surface area contributed by atoms with E-state index < -0.39 is 8.07 Å². The van der Waals surface area contributed by atoms with Crippen molar-refractivity contribution in [3.05, 3.63) is 83.2 Å². The predicted molar refractivity (Wildman–Crippen MR) is 123 cm³/mol. The molecule has 2 nitrogen and oxygen atoms in total. The molecule has 0 radical (unpaired) electrons. The van der Waals surface area contributed by atoms with Crippen molar-refractivity contribution in [1.82, 2.24) is 9.97 Å². The molecule has 1 spiro atoms. The highest BCUT2D eigenvalue weighted by atomic mass is 28.3. The molecule has 2 aromatic heterocycles. The first-order valence-corrected chi connectivity index (χ1v) is 12.2. The van der Waals surface area contributed by atoms with Crippen molar-refractivity contribution in [2.45, 2.75) is 27.7 Å². The molecular formula is C26H22N2Si. The van der Waals surface area contributed by atoms with Crippen LogP contribution in [0.25, 0.3) is 22.5 Å². The Bertz CT molecular complexity index is 1140. The molecule has 2 aliphatic rings. The molecule has 2 aliphatic heterocycles. The lowest BCUT2D eigenvalue weighted by Crippen LogP contribution is -2.71. The second-order valence-electron chi connectivity index (χ2n) is 8.67. The molecule has 0 N–H and O–H groups in total. The Morgan fingerprint density at radius 1 is 0.517 bits per heavy atom. The van der Waals surface area contributed by atoms with E-state index in [1.807, 2.05) is 12.4 Å². The van der Waals surface area contributed by atoms with Crippen molar-refractivity contribution in [3.8, 4) is 22.5 Å². The van der Waals surface area contributed by atoms with Crippen LogP contribution in [0.2, 0.25) is 0 Å². The summed E-state index contributed by atoms with van der Waals surface area (Å²) in [6, 6.07) is 18.8. The first kappa shape index (κ1) is 16.9. The normalized spacial score (nSPS) is 14.5. The average molecular weight is 391 g/mol. The largest absolute Gasteiger partial charge is 0.254 e. The summed E-state index contributed by atoms with van der Waals surface area (Å²) >= 11 is 0. The highest BCUT2D eigenvalue weighted by Crippen LogP contribution is 2.35. The van der Waals surface area contributed by atoms with Crippen LogP contribution in [0.15, 0.2) is 60.9 Å². The number of aromatic nitrogens is 2. The first-order chi connectivity index (χ1) is 14.0. The fraction of sp³-hybridized carbons (Fsp3) is 0.154. The quantitative estimate of drug-likeness (QED) is 0.373. The van der Waals surface area contributed by atoms with Crippen LogP contribution >= 0.6 is 0 Å². The molecule has 2 aromatic carbocycles. The Morgan fingerprint density at radius 3 is 1.38 bits per heavy atom. The summed E-state index contributed by atoms with van der Waals surface area (Å²) in [5.74, 6) is 0. The lowest BCUT2D eigenvalue weighted by molar-refractivity contribution is 1.23. The maximum atomic E-state index is 4.91.